The van der Waals surface area contributed by atoms with Crippen molar-refractivity contribution in [2.75, 3.05) is 12.3 Å². The van der Waals surface area contributed by atoms with Crippen LogP contribution >= 0.6 is 23.2 Å². The zero-order valence-corrected chi connectivity index (χ0v) is 11.6. The Morgan fingerprint density at radius 1 is 1.47 bits per heavy atom. The van der Waals surface area contributed by atoms with Crippen molar-refractivity contribution in [2.45, 2.75) is 6.92 Å². The summed E-state index contributed by atoms with van der Waals surface area (Å²) in [6, 6.07) is 3.03. The van der Waals surface area contributed by atoms with Gasteiger partial charge in [-0.15, -0.1) is 0 Å². The Morgan fingerprint density at radius 3 is 2.79 bits per heavy atom. The first kappa shape index (κ1) is 13.7. The van der Waals surface area contributed by atoms with Gasteiger partial charge in [-0.2, -0.15) is 5.10 Å². The molecule has 0 saturated heterocycles. The molecule has 0 bridgehead atoms. The Bertz CT molecular complexity index is 625. The summed E-state index contributed by atoms with van der Waals surface area (Å²) < 4.78 is 6.39. The van der Waals surface area contributed by atoms with Gasteiger partial charge in [-0.3, -0.25) is 0 Å². The molecule has 0 aliphatic heterocycles. The molecule has 0 spiro atoms. The Labute approximate surface area is 119 Å². The van der Waals surface area contributed by atoms with Gasteiger partial charge in [-0.25, -0.2) is 9.48 Å². The summed E-state index contributed by atoms with van der Waals surface area (Å²) in [5.74, 6) is -0.515. The average molecular weight is 300 g/mol. The predicted octanol–water partition coefficient (Wildman–Crippen LogP) is 2.94. The lowest BCUT2D eigenvalue weighted by Gasteiger charge is -2.11. The first-order chi connectivity index (χ1) is 9.02. The van der Waals surface area contributed by atoms with E-state index < -0.39 is 5.97 Å². The fraction of sp³-hybridized carbons (Fsp3) is 0.167. The number of carbonyl (C=O) groups excluding carboxylic acids is 1. The van der Waals surface area contributed by atoms with Crippen LogP contribution in [0.4, 0.5) is 5.69 Å². The predicted molar refractivity (Wildman–Crippen MR) is 74.0 cm³/mol. The Hall–Kier alpha value is -1.72. The molecule has 100 valence electrons. The van der Waals surface area contributed by atoms with Gasteiger partial charge in [-0.1, -0.05) is 23.2 Å². The summed E-state index contributed by atoms with van der Waals surface area (Å²) in [5.41, 5.74) is 6.70. The number of esters is 1. The van der Waals surface area contributed by atoms with E-state index in [9.17, 15) is 4.79 Å². The van der Waals surface area contributed by atoms with Gasteiger partial charge in [0.15, 0.2) is 0 Å². The monoisotopic (exact) mass is 299 g/mol. The lowest BCUT2D eigenvalue weighted by molar-refractivity contribution is 0.0526. The average Bonchev–Trinajstić information content (AvgIpc) is 2.74. The van der Waals surface area contributed by atoms with Crippen LogP contribution in [0.2, 0.25) is 10.0 Å². The van der Waals surface area contributed by atoms with Gasteiger partial charge in [0.25, 0.3) is 0 Å². The molecule has 1 heterocycles. The molecule has 5 nitrogen and oxygen atoms in total. The Balaban J connectivity index is 2.61. The molecule has 0 amide bonds. The number of nitrogen functional groups attached to an aromatic ring is 1. The Kier molecular flexibility index (Phi) is 3.97. The first-order valence-electron chi connectivity index (χ1n) is 5.49. The Morgan fingerprint density at radius 2 is 2.21 bits per heavy atom. The van der Waals surface area contributed by atoms with Crippen molar-refractivity contribution in [3.63, 3.8) is 0 Å². The van der Waals surface area contributed by atoms with Crippen molar-refractivity contribution >= 4 is 34.9 Å². The highest BCUT2D eigenvalue weighted by atomic mass is 35.5. The van der Waals surface area contributed by atoms with Crippen LogP contribution < -0.4 is 5.73 Å². The number of halogens is 2. The lowest BCUT2D eigenvalue weighted by atomic mass is 10.1. The van der Waals surface area contributed by atoms with Crippen molar-refractivity contribution in [1.29, 1.82) is 0 Å². The number of rotatable bonds is 3. The van der Waals surface area contributed by atoms with Gasteiger partial charge in [-0.05, 0) is 19.1 Å². The van der Waals surface area contributed by atoms with E-state index in [1.807, 2.05) is 0 Å². The first-order valence-corrected chi connectivity index (χ1v) is 6.25. The molecule has 1 aromatic heterocycles. The molecule has 2 N–H and O–H groups in total. The van der Waals surface area contributed by atoms with Crippen LogP contribution in [0.5, 0.6) is 0 Å². The zero-order chi connectivity index (χ0) is 14.0. The molecule has 0 aliphatic rings. The number of nitrogens with zero attached hydrogens (tertiary/aromatic N) is 2. The molecule has 0 saturated carbocycles. The van der Waals surface area contributed by atoms with Crippen LogP contribution in [0.3, 0.4) is 0 Å². The molecule has 2 rings (SSSR count). The van der Waals surface area contributed by atoms with Crippen molar-refractivity contribution in [3.8, 4) is 5.69 Å². The van der Waals surface area contributed by atoms with Crippen LogP contribution in [-0.4, -0.2) is 22.4 Å². The number of ether oxygens (including phenoxy) is 1. The fourth-order valence-electron chi connectivity index (χ4n) is 1.64. The van der Waals surface area contributed by atoms with Gasteiger partial charge in [0.2, 0.25) is 0 Å². The maximum Gasteiger partial charge on any atom is 0.340 e. The summed E-state index contributed by atoms with van der Waals surface area (Å²) in [6.45, 7) is 1.97. The highest BCUT2D eigenvalue weighted by molar-refractivity contribution is 6.33. The standard InChI is InChI=1S/C12H11Cl2N3O2/c1-2-19-12(18)9-3-8(15)4-10(14)11(9)17-6-7(13)5-16-17/h3-6H,2,15H2,1H3. The maximum absolute atomic E-state index is 11.9. The SMILES string of the molecule is CCOC(=O)c1cc(N)cc(Cl)c1-n1cc(Cl)cn1. The summed E-state index contributed by atoms with van der Waals surface area (Å²) in [7, 11) is 0. The molecule has 0 atom stereocenters. The van der Waals surface area contributed by atoms with E-state index in [-0.39, 0.29) is 12.2 Å². The van der Waals surface area contributed by atoms with Gasteiger partial charge >= 0.3 is 5.97 Å². The number of benzene rings is 1. The molecule has 0 aliphatic carbocycles. The van der Waals surface area contributed by atoms with E-state index >= 15 is 0 Å². The number of anilines is 1. The van der Waals surface area contributed by atoms with E-state index in [1.165, 1.54) is 23.0 Å². The summed E-state index contributed by atoms with van der Waals surface area (Å²) in [4.78, 5) is 11.9. The second-order valence-corrected chi connectivity index (χ2v) is 4.57. The van der Waals surface area contributed by atoms with E-state index in [1.54, 1.807) is 13.1 Å². The molecule has 0 radical (unpaired) electrons. The highest BCUT2D eigenvalue weighted by Gasteiger charge is 2.19. The topological polar surface area (TPSA) is 70.1 Å². The second kappa shape index (κ2) is 5.50. The fourth-order valence-corrected chi connectivity index (χ4v) is 2.09. The van der Waals surface area contributed by atoms with E-state index in [2.05, 4.69) is 5.10 Å². The third-order valence-corrected chi connectivity index (χ3v) is 2.84. The molecule has 2 aromatic rings. The van der Waals surface area contributed by atoms with E-state index in [0.29, 0.717) is 21.4 Å². The quantitative estimate of drug-likeness (QED) is 0.699. The lowest BCUT2D eigenvalue weighted by Crippen LogP contribution is -2.11. The van der Waals surface area contributed by atoms with Crippen LogP contribution in [-0.2, 0) is 4.74 Å². The van der Waals surface area contributed by atoms with Crippen LogP contribution in [0.15, 0.2) is 24.5 Å². The summed E-state index contributed by atoms with van der Waals surface area (Å²) in [6.07, 6.45) is 2.99. The highest BCUT2D eigenvalue weighted by Crippen LogP contribution is 2.28. The summed E-state index contributed by atoms with van der Waals surface area (Å²) >= 11 is 12.0. The van der Waals surface area contributed by atoms with Crippen molar-refractivity contribution < 1.29 is 9.53 Å². The molecule has 0 unspecified atom stereocenters. The molecular formula is C12H11Cl2N3O2. The van der Waals surface area contributed by atoms with Crippen LogP contribution in [0, 0.1) is 0 Å². The zero-order valence-electron chi connectivity index (χ0n) is 10.1. The van der Waals surface area contributed by atoms with Crippen LogP contribution in [0.25, 0.3) is 5.69 Å². The van der Waals surface area contributed by atoms with Crippen LogP contribution in [0.1, 0.15) is 17.3 Å². The van der Waals surface area contributed by atoms with Gasteiger partial charge in [0.1, 0.15) is 0 Å². The van der Waals surface area contributed by atoms with Gasteiger partial charge < -0.3 is 10.5 Å². The molecule has 0 fully saturated rings. The minimum atomic E-state index is -0.515. The number of hydrogen-bond donors (Lipinski definition) is 1. The maximum atomic E-state index is 11.9. The molecule has 1 aromatic carbocycles. The molecular weight excluding hydrogens is 289 g/mol. The van der Waals surface area contributed by atoms with Gasteiger partial charge in [0.05, 0.1) is 34.1 Å². The summed E-state index contributed by atoms with van der Waals surface area (Å²) in [5, 5.41) is 4.76. The number of hydrogen-bond acceptors (Lipinski definition) is 4. The number of nitrogens with two attached hydrogens (primary N) is 1. The van der Waals surface area contributed by atoms with Crippen molar-refractivity contribution in [2.24, 2.45) is 0 Å². The number of aromatic nitrogens is 2. The number of carbonyl (C=O) groups is 1. The third kappa shape index (κ3) is 2.83. The van der Waals surface area contributed by atoms with E-state index in [0.717, 1.165) is 0 Å². The third-order valence-electron chi connectivity index (χ3n) is 2.36. The van der Waals surface area contributed by atoms with E-state index in [4.69, 9.17) is 33.7 Å². The largest absolute Gasteiger partial charge is 0.462 e. The second-order valence-electron chi connectivity index (χ2n) is 3.72. The smallest absolute Gasteiger partial charge is 0.340 e. The van der Waals surface area contributed by atoms with Gasteiger partial charge in [0, 0.05) is 11.9 Å². The minimum absolute atomic E-state index is 0.242. The molecule has 19 heavy (non-hydrogen) atoms. The van der Waals surface area contributed by atoms with Crippen molar-refractivity contribution in [1.82, 2.24) is 9.78 Å². The van der Waals surface area contributed by atoms with Crippen molar-refractivity contribution in [3.05, 3.63) is 40.1 Å². The normalized spacial score (nSPS) is 10.5. The molecule has 7 heteroatoms. The minimum Gasteiger partial charge on any atom is -0.462 e.